The van der Waals surface area contributed by atoms with Crippen molar-refractivity contribution in [3.05, 3.63) is 29.3 Å². The summed E-state index contributed by atoms with van der Waals surface area (Å²) in [6.07, 6.45) is 0. The van der Waals surface area contributed by atoms with Crippen LogP contribution in [0.15, 0.2) is 12.1 Å². The van der Waals surface area contributed by atoms with E-state index in [1.165, 1.54) is 6.07 Å². The number of alkyl halides is 1. The molecule has 0 aliphatic rings. The van der Waals surface area contributed by atoms with Crippen molar-refractivity contribution < 1.29 is 9.18 Å². The van der Waals surface area contributed by atoms with E-state index in [9.17, 15) is 9.18 Å². The summed E-state index contributed by atoms with van der Waals surface area (Å²) in [5.74, 6) is 0.132. The zero-order valence-electron chi connectivity index (χ0n) is 12.6. The van der Waals surface area contributed by atoms with Gasteiger partial charge < -0.3 is 9.88 Å². The summed E-state index contributed by atoms with van der Waals surface area (Å²) in [4.78, 5) is 16.4. The number of halogens is 2. The third kappa shape index (κ3) is 3.35. The average molecular weight is 312 g/mol. The summed E-state index contributed by atoms with van der Waals surface area (Å²) in [5, 5.41) is 2.47. The lowest BCUT2D eigenvalue weighted by molar-refractivity contribution is -0.122. The number of fused-ring (bicyclic) bond motifs is 1. The number of carbonyl (C=O) groups is 1. The van der Waals surface area contributed by atoms with E-state index in [1.807, 2.05) is 13.8 Å². The smallest absolute Gasteiger partial charge is 0.240 e. The monoisotopic (exact) mass is 311 g/mol. The second-order valence-electron chi connectivity index (χ2n) is 5.48. The van der Waals surface area contributed by atoms with Crippen LogP contribution >= 0.6 is 11.6 Å². The molecule has 4 nitrogen and oxygen atoms in total. The van der Waals surface area contributed by atoms with Gasteiger partial charge in [-0.1, -0.05) is 0 Å². The Morgan fingerprint density at radius 3 is 2.67 bits per heavy atom. The number of hydrogen-bond donors (Lipinski definition) is 1. The third-order valence-electron chi connectivity index (χ3n) is 3.17. The number of nitrogens with zero attached hydrogens (tertiary/aromatic N) is 2. The minimum atomic E-state index is -0.368. The lowest BCUT2D eigenvalue weighted by Crippen LogP contribution is -2.33. The molecule has 2 rings (SSSR count). The van der Waals surface area contributed by atoms with Gasteiger partial charge in [0.25, 0.3) is 0 Å². The Bertz CT molecular complexity index is 679. The Balaban J connectivity index is 2.50. The maximum Gasteiger partial charge on any atom is 0.240 e. The van der Waals surface area contributed by atoms with E-state index >= 15 is 0 Å². The van der Waals surface area contributed by atoms with E-state index < -0.39 is 0 Å². The standard InChI is InChI=1S/C15H19ClFN3O/c1-8(2)18-14(21)7-20-13-5-9(3)11(17)6-12(13)19-15(20)10(4)16/h5-6,8,10H,7H2,1-4H3,(H,18,21). The SMILES string of the molecule is Cc1cc2c(cc1F)nc(C(C)Cl)n2CC(=O)NC(C)C. The van der Waals surface area contributed by atoms with E-state index in [0.717, 1.165) is 5.52 Å². The highest BCUT2D eigenvalue weighted by molar-refractivity contribution is 6.20. The molecule has 0 aliphatic heterocycles. The van der Waals surface area contributed by atoms with Crippen molar-refractivity contribution in [2.24, 2.45) is 0 Å². The molecule has 1 aromatic heterocycles. The summed E-state index contributed by atoms with van der Waals surface area (Å²) < 4.78 is 15.4. The normalized spacial score (nSPS) is 12.9. The van der Waals surface area contributed by atoms with Crippen molar-refractivity contribution >= 4 is 28.5 Å². The number of rotatable bonds is 4. The van der Waals surface area contributed by atoms with Crippen molar-refractivity contribution in [2.75, 3.05) is 0 Å². The molecule has 1 heterocycles. The molecule has 0 radical (unpaired) electrons. The largest absolute Gasteiger partial charge is 0.352 e. The van der Waals surface area contributed by atoms with Gasteiger partial charge in [-0.2, -0.15) is 0 Å². The first-order valence-corrected chi connectivity index (χ1v) is 7.33. The number of nitrogens with one attached hydrogen (secondary N) is 1. The predicted molar refractivity (Wildman–Crippen MR) is 82.0 cm³/mol. The van der Waals surface area contributed by atoms with Gasteiger partial charge in [-0.3, -0.25) is 4.79 Å². The molecule has 0 bridgehead atoms. The van der Waals surface area contributed by atoms with Gasteiger partial charge in [0.15, 0.2) is 0 Å². The fourth-order valence-electron chi connectivity index (χ4n) is 2.25. The molecule has 2 aromatic rings. The van der Waals surface area contributed by atoms with Crippen molar-refractivity contribution in [3.63, 3.8) is 0 Å². The molecule has 1 aromatic carbocycles. The van der Waals surface area contributed by atoms with Crippen molar-refractivity contribution in [1.82, 2.24) is 14.9 Å². The molecule has 1 atom stereocenters. The van der Waals surface area contributed by atoms with E-state index in [-0.39, 0.29) is 29.7 Å². The zero-order chi connectivity index (χ0) is 15.7. The lowest BCUT2D eigenvalue weighted by Gasteiger charge is -2.13. The van der Waals surface area contributed by atoms with Crippen molar-refractivity contribution in [3.8, 4) is 0 Å². The molecule has 0 saturated heterocycles. The van der Waals surface area contributed by atoms with Crippen LogP contribution in [0, 0.1) is 12.7 Å². The third-order valence-corrected chi connectivity index (χ3v) is 3.36. The van der Waals surface area contributed by atoms with Gasteiger partial charge in [0.05, 0.1) is 16.4 Å². The number of benzene rings is 1. The van der Waals surface area contributed by atoms with E-state index in [2.05, 4.69) is 10.3 Å². The summed E-state index contributed by atoms with van der Waals surface area (Å²) in [6.45, 7) is 7.38. The van der Waals surface area contributed by atoms with Crippen LogP contribution in [0.5, 0.6) is 0 Å². The summed E-state index contributed by atoms with van der Waals surface area (Å²) in [7, 11) is 0. The number of aryl methyl sites for hydroxylation is 1. The maximum atomic E-state index is 13.7. The van der Waals surface area contributed by atoms with Gasteiger partial charge >= 0.3 is 0 Å². The van der Waals surface area contributed by atoms with Crippen molar-refractivity contribution in [1.29, 1.82) is 0 Å². The van der Waals surface area contributed by atoms with Crippen LogP contribution in [0.4, 0.5) is 4.39 Å². The second kappa shape index (κ2) is 6.02. The molecule has 0 aliphatic carbocycles. The number of amides is 1. The minimum absolute atomic E-state index is 0.0586. The highest BCUT2D eigenvalue weighted by atomic mass is 35.5. The van der Waals surface area contributed by atoms with E-state index in [0.29, 0.717) is 16.9 Å². The molecule has 0 fully saturated rings. The van der Waals surface area contributed by atoms with Crippen LogP contribution in [-0.4, -0.2) is 21.5 Å². The minimum Gasteiger partial charge on any atom is -0.352 e. The van der Waals surface area contributed by atoms with E-state index in [1.54, 1.807) is 24.5 Å². The first kappa shape index (κ1) is 15.8. The van der Waals surface area contributed by atoms with Crippen LogP contribution in [0.1, 0.15) is 37.5 Å². The molecule has 0 spiro atoms. The quantitative estimate of drug-likeness (QED) is 0.881. The maximum absolute atomic E-state index is 13.7. The first-order valence-electron chi connectivity index (χ1n) is 6.89. The fraction of sp³-hybridized carbons (Fsp3) is 0.467. The molecule has 114 valence electrons. The van der Waals surface area contributed by atoms with E-state index in [4.69, 9.17) is 11.6 Å². The van der Waals surface area contributed by atoms with Crippen molar-refractivity contribution in [2.45, 2.75) is 45.7 Å². The van der Waals surface area contributed by atoms with Crippen LogP contribution in [-0.2, 0) is 11.3 Å². The lowest BCUT2D eigenvalue weighted by atomic mass is 10.2. The first-order chi connectivity index (χ1) is 9.79. The van der Waals surface area contributed by atoms with Gasteiger partial charge in [-0.25, -0.2) is 9.37 Å². The Morgan fingerprint density at radius 2 is 2.10 bits per heavy atom. The number of aromatic nitrogens is 2. The predicted octanol–water partition coefficient (Wildman–Crippen LogP) is 3.31. The Morgan fingerprint density at radius 1 is 1.43 bits per heavy atom. The summed E-state index contributed by atoms with van der Waals surface area (Å²) in [6, 6.07) is 3.14. The highest BCUT2D eigenvalue weighted by Crippen LogP contribution is 2.26. The number of carbonyl (C=O) groups excluding carboxylic acids is 1. The van der Waals surface area contributed by atoms with Gasteiger partial charge in [0.2, 0.25) is 5.91 Å². The molecular weight excluding hydrogens is 293 g/mol. The van der Waals surface area contributed by atoms with Gasteiger partial charge in [-0.05, 0) is 39.3 Å². The molecule has 1 unspecified atom stereocenters. The van der Waals surface area contributed by atoms with Crippen LogP contribution in [0.3, 0.4) is 0 Å². The summed E-state index contributed by atoms with van der Waals surface area (Å²) >= 11 is 6.14. The zero-order valence-corrected chi connectivity index (χ0v) is 13.3. The molecule has 1 N–H and O–H groups in total. The molecule has 0 saturated carbocycles. The molecule has 21 heavy (non-hydrogen) atoms. The Kier molecular flexibility index (Phi) is 4.52. The van der Waals surface area contributed by atoms with Gasteiger partial charge in [-0.15, -0.1) is 11.6 Å². The Hall–Kier alpha value is -1.62. The average Bonchev–Trinajstić information content (AvgIpc) is 2.67. The van der Waals surface area contributed by atoms with Crippen LogP contribution in [0.25, 0.3) is 11.0 Å². The van der Waals surface area contributed by atoms with Crippen LogP contribution in [0.2, 0.25) is 0 Å². The fourth-order valence-corrected chi connectivity index (χ4v) is 2.42. The highest BCUT2D eigenvalue weighted by Gasteiger charge is 2.18. The van der Waals surface area contributed by atoms with Gasteiger partial charge in [0.1, 0.15) is 18.2 Å². The number of hydrogen-bond acceptors (Lipinski definition) is 2. The van der Waals surface area contributed by atoms with Gasteiger partial charge in [0, 0.05) is 12.1 Å². The molecule has 6 heteroatoms. The second-order valence-corrected chi connectivity index (χ2v) is 6.14. The summed E-state index contributed by atoms with van der Waals surface area (Å²) in [5.41, 5.74) is 1.75. The molecular formula is C15H19ClFN3O. The Labute approximate surface area is 128 Å². The number of imidazole rings is 1. The van der Waals surface area contributed by atoms with Crippen LogP contribution < -0.4 is 5.32 Å². The molecule has 1 amide bonds. The topological polar surface area (TPSA) is 46.9 Å².